The zero-order chi connectivity index (χ0) is 13.7. The highest BCUT2D eigenvalue weighted by atomic mass is 16.5. The van der Waals surface area contributed by atoms with Crippen molar-refractivity contribution in [1.29, 1.82) is 0 Å². The van der Waals surface area contributed by atoms with Gasteiger partial charge in [0.2, 0.25) is 5.95 Å². The van der Waals surface area contributed by atoms with Crippen LogP contribution in [0.25, 0.3) is 0 Å². The zero-order valence-electron chi connectivity index (χ0n) is 9.80. The molecule has 1 rings (SSSR count). The van der Waals surface area contributed by atoms with E-state index >= 15 is 0 Å². The van der Waals surface area contributed by atoms with Crippen molar-refractivity contribution in [2.75, 3.05) is 12.3 Å². The maximum absolute atomic E-state index is 11.3. The minimum absolute atomic E-state index is 0.154. The van der Waals surface area contributed by atoms with Gasteiger partial charge in [0.05, 0.1) is 12.7 Å². The predicted octanol–water partition coefficient (Wildman–Crippen LogP) is -2.70. The van der Waals surface area contributed by atoms with Crippen molar-refractivity contribution in [3.05, 3.63) is 16.8 Å². The first-order valence-corrected chi connectivity index (χ1v) is 5.23. The highest BCUT2D eigenvalue weighted by Gasteiger charge is 2.23. The van der Waals surface area contributed by atoms with Gasteiger partial charge >= 0.3 is 5.69 Å². The smallest absolute Gasteiger partial charge is 0.353 e. The van der Waals surface area contributed by atoms with Gasteiger partial charge in [0.15, 0.2) is 0 Å². The summed E-state index contributed by atoms with van der Waals surface area (Å²) in [4.78, 5) is 18.3. The van der Waals surface area contributed by atoms with Crippen LogP contribution in [0.3, 0.4) is 0 Å². The Labute approximate surface area is 102 Å². The van der Waals surface area contributed by atoms with E-state index in [1.54, 1.807) is 0 Å². The van der Waals surface area contributed by atoms with Crippen LogP contribution < -0.4 is 11.4 Å². The van der Waals surface area contributed by atoms with Crippen molar-refractivity contribution in [1.82, 2.24) is 14.5 Å². The van der Waals surface area contributed by atoms with Gasteiger partial charge in [0, 0.05) is 0 Å². The Morgan fingerprint density at radius 1 is 1.56 bits per heavy atom. The monoisotopic (exact) mass is 260 g/mol. The molecule has 0 saturated heterocycles. The van der Waals surface area contributed by atoms with Crippen LogP contribution in [0.15, 0.2) is 11.1 Å². The molecule has 18 heavy (non-hydrogen) atoms. The largest absolute Gasteiger partial charge is 0.394 e. The van der Waals surface area contributed by atoms with Gasteiger partial charge in [-0.05, 0) is 6.92 Å². The lowest BCUT2D eigenvalue weighted by Gasteiger charge is -2.23. The van der Waals surface area contributed by atoms with Gasteiger partial charge in [-0.25, -0.2) is 9.78 Å². The standard InChI is InChI=1S/C9H16N4O5/c1-5(15)7(16)6(2-14)18-4-13-3-11-8(10)12-9(13)17/h3,5-7,14-16H,2,4H2,1H3,(H2,10,12,17)/t5-,6-,7?/m1/s1. The molecule has 1 aromatic heterocycles. The van der Waals surface area contributed by atoms with Crippen molar-refractivity contribution in [2.45, 2.75) is 32.0 Å². The fourth-order valence-electron chi connectivity index (χ4n) is 1.20. The Morgan fingerprint density at radius 2 is 2.22 bits per heavy atom. The van der Waals surface area contributed by atoms with Gasteiger partial charge in [-0.3, -0.25) is 4.57 Å². The SMILES string of the molecule is C[C@@H](O)C(O)[C@@H](CO)OCn1cnc(N)nc1=O. The van der Waals surface area contributed by atoms with Crippen molar-refractivity contribution in [3.8, 4) is 0 Å². The normalized spacial score (nSPS) is 16.2. The van der Waals surface area contributed by atoms with Gasteiger partial charge < -0.3 is 25.8 Å². The number of hydrogen-bond acceptors (Lipinski definition) is 8. The summed E-state index contributed by atoms with van der Waals surface area (Å²) in [6.45, 7) is 0.583. The first kappa shape index (κ1) is 14.5. The molecule has 9 nitrogen and oxygen atoms in total. The van der Waals surface area contributed by atoms with E-state index < -0.39 is 30.6 Å². The molecular weight excluding hydrogens is 244 g/mol. The summed E-state index contributed by atoms with van der Waals surface area (Å²) in [7, 11) is 0. The van der Waals surface area contributed by atoms with Gasteiger partial charge in [-0.15, -0.1) is 0 Å². The quantitative estimate of drug-likeness (QED) is 0.432. The third-order valence-electron chi connectivity index (χ3n) is 2.27. The molecule has 102 valence electrons. The molecule has 9 heteroatoms. The number of ether oxygens (including phenoxy) is 1. The summed E-state index contributed by atoms with van der Waals surface area (Å²) < 4.78 is 6.11. The van der Waals surface area contributed by atoms with Crippen LogP contribution >= 0.6 is 0 Å². The molecule has 0 aliphatic rings. The maximum atomic E-state index is 11.3. The summed E-state index contributed by atoms with van der Waals surface area (Å²) in [5.74, 6) is -0.154. The second-order valence-corrected chi connectivity index (χ2v) is 3.71. The third-order valence-corrected chi connectivity index (χ3v) is 2.27. The first-order valence-electron chi connectivity index (χ1n) is 5.23. The number of hydrogen-bond donors (Lipinski definition) is 4. The van der Waals surface area contributed by atoms with E-state index in [0.29, 0.717) is 0 Å². The summed E-state index contributed by atoms with van der Waals surface area (Å²) >= 11 is 0. The Hall–Kier alpha value is -1.55. The van der Waals surface area contributed by atoms with Crippen molar-refractivity contribution >= 4 is 5.95 Å². The molecule has 0 aliphatic heterocycles. The molecule has 0 aromatic carbocycles. The summed E-state index contributed by atoms with van der Waals surface area (Å²) in [6.07, 6.45) is -2.22. The lowest BCUT2D eigenvalue weighted by molar-refractivity contribution is -0.120. The molecular formula is C9H16N4O5. The summed E-state index contributed by atoms with van der Waals surface area (Å²) in [5.41, 5.74) is 4.55. The number of aliphatic hydroxyl groups is 3. The van der Waals surface area contributed by atoms with Crippen LogP contribution in [-0.2, 0) is 11.5 Å². The number of nitrogens with two attached hydrogens (primary N) is 1. The van der Waals surface area contributed by atoms with E-state index in [0.717, 1.165) is 10.9 Å². The lowest BCUT2D eigenvalue weighted by atomic mass is 10.1. The van der Waals surface area contributed by atoms with Gasteiger partial charge in [-0.1, -0.05) is 0 Å². The summed E-state index contributed by atoms with van der Waals surface area (Å²) in [6, 6.07) is 0. The average molecular weight is 260 g/mol. The number of nitrogen functional groups attached to an aromatic ring is 1. The Balaban J connectivity index is 2.65. The first-order chi connectivity index (χ1) is 8.45. The number of aliphatic hydroxyl groups excluding tert-OH is 3. The predicted molar refractivity (Wildman–Crippen MR) is 60.4 cm³/mol. The van der Waals surface area contributed by atoms with E-state index in [1.807, 2.05) is 0 Å². The minimum Gasteiger partial charge on any atom is -0.394 e. The topological polar surface area (TPSA) is 144 Å². The van der Waals surface area contributed by atoms with Crippen LogP contribution in [0.4, 0.5) is 5.95 Å². The van der Waals surface area contributed by atoms with Crippen LogP contribution in [0.5, 0.6) is 0 Å². The fraction of sp³-hybridized carbons (Fsp3) is 0.667. The van der Waals surface area contributed by atoms with Crippen molar-refractivity contribution in [3.63, 3.8) is 0 Å². The second-order valence-electron chi connectivity index (χ2n) is 3.71. The Morgan fingerprint density at radius 3 is 2.72 bits per heavy atom. The van der Waals surface area contributed by atoms with Gasteiger partial charge in [0.25, 0.3) is 0 Å². The highest BCUT2D eigenvalue weighted by molar-refractivity contribution is 5.09. The number of nitrogens with zero attached hydrogens (tertiary/aromatic N) is 3. The molecule has 0 saturated carbocycles. The molecule has 1 unspecified atom stereocenters. The van der Waals surface area contributed by atoms with Gasteiger partial charge in [-0.2, -0.15) is 4.98 Å². The maximum Gasteiger partial charge on any atom is 0.353 e. The van der Waals surface area contributed by atoms with Crippen molar-refractivity contribution in [2.24, 2.45) is 0 Å². The average Bonchev–Trinajstić information content (AvgIpc) is 2.31. The molecule has 5 N–H and O–H groups in total. The van der Waals surface area contributed by atoms with Crippen LogP contribution in [0, 0.1) is 0 Å². The van der Waals surface area contributed by atoms with Crippen LogP contribution in [0.1, 0.15) is 6.92 Å². The van der Waals surface area contributed by atoms with E-state index in [1.165, 1.54) is 6.92 Å². The highest BCUT2D eigenvalue weighted by Crippen LogP contribution is 2.04. The Bertz CT molecular complexity index is 435. The van der Waals surface area contributed by atoms with Crippen LogP contribution in [-0.4, -0.2) is 54.8 Å². The molecule has 0 spiro atoms. The summed E-state index contributed by atoms with van der Waals surface area (Å²) in [5, 5.41) is 27.7. The van der Waals surface area contributed by atoms with E-state index in [-0.39, 0.29) is 12.7 Å². The molecule has 0 amide bonds. The molecule has 1 heterocycles. The van der Waals surface area contributed by atoms with Crippen molar-refractivity contribution < 1.29 is 20.1 Å². The molecule has 3 atom stereocenters. The number of anilines is 1. The van der Waals surface area contributed by atoms with E-state index in [2.05, 4.69) is 9.97 Å². The van der Waals surface area contributed by atoms with Crippen LogP contribution in [0.2, 0.25) is 0 Å². The zero-order valence-corrected chi connectivity index (χ0v) is 9.80. The van der Waals surface area contributed by atoms with E-state index in [4.69, 9.17) is 20.7 Å². The molecule has 0 aliphatic carbocycles. The second kappa shape index (κ2) is 6.40. The fourth-order valence-corrected chi connectivity index (χ4v) is 1.20. The third kappa shape index (κ3) is 3.74. The minimum atomic E-state index is -1.26. The Kier molecular flexibility index (Phi) is 5.16. The number of aromatic nitrogens is 3. The van der Waals surface area contributed by atoms with Gasteiger partial charge in [0.1, 0.15) is 25.3 Å². The number of rotatable bonds is 6. The molecule has 0 fully saturated rings. The van der Waals surface area contributed by atoms with E-state index in [9.17, 15) is 9.90 Å². The molecule has 1 aromatic rings. The molecule has 0 bridgehead atoms. The lowest BCUT2D eigenvalue weighted by Crippen LogP contribution is -2.41. The molecule has 0 radical (unpaired) electrons.